The van der Waals surface area contributed by atoms with Crippen LogP contribution in [0, 0.1) is 0 Å². The van der Waals surface area contributed by atoms with Gasteiger partial charge in [0.15, 0.2) is 5.65 Å². The van der Waals surface area contributed by atoms with Crippen molar-refractivity contribution in [3.8, 4) is 0 Å². The smallest absolute Gasteiger partial charge is 0.205 e. The quantitative estimate of drug-likeness (QED) is 0.401. The van der Waals surface area contributed by atoms with Crippen molar-refractivity contribution in [2.24, 2.45) is 5.73 Å². The first-order valence-corrected chi connectivity index (χ1v) is 11.3. The van der Waals surface area contributed by atoms with Gasteiger partial charge in [-0.05, 0) is 56.7 Å². The minimum Gasteiger partial charge on any atom is -0.501 e. The third-order valence-electron chi connectivity index (χ3n) is 6.27. The Bertz CT molecular complexity index is 1120. The van der Waals surface area contributed by atoms with Gasteiger partial charge in [0.2, 0.25) is 5.95 Å². The van der Waals surface area contributed by atoms with Crippen LogP contribution in [-0.2, 0) is 11.3 Å². The second-order valence-corrected chi connectivity index (χ2v) is 8.75. The largest absolute Gasteiger partial charge is 0.501 e. The summed E-state index contributed by atoms with van der Waals surface area (Å²) in [6.45, 7) is 8.81. The predicted octanol–water partition coefficient (Wildman–Crippen LogP) is 5.11. The van der Waals surface area contributed by atoms with Crippen molar-refractivity contribution < 1.29 is 4.74 Å². The van der Waals surface area contributed by atoms with E-state index < -0.39 is 0 Å². The van der Waals surface area contributed by atoms with Crippen LogP contribution in [-0.4, -0.2) is 33.7 Å². The number of rotatable bonds is 7. The second kappa shape index (κ2) is 9.57. The molecule has 0 bridgehead atoms. The Balaban J connectivity index is 1.78. The molecule has 1 aliphatic carbocycles. The highest BCUT2D eigenvalue weighted by molar-refractivity contribution is 5.85. The number of aromatic nitrogens is 3. The van der Waals surface area contributed by atoms with Crippen molar-refractivity contribution in [1.29, 1.82) is 0 Å². The number of fused-ring (bicyclic) bond motifs is 1. The number of nitrogens with two attached hydrogens (primary N) is 1. The Morgan fingerprint density at radius 3 is 2.56 bits per heavy atom. The number of anilines is 1. The molecule has 6 nitrogen and oxygen atoms in total. The lowest BCUT2D eigenvalue weighted by Gasteiger charge is -2.27. The molecule has 0 aliphatic heterocycles. The molecule has 0 saturated heterocycles. The van der Waals surface area contributed by atoms with Crippen molar-refractivity contribution in [3.63, 3.8) is 0 Å². The number of allylic oxidation sites excluding steroid dienone is 3. The van der Waals surface area contributed by atoms with Crippen molar-refractivity contribution in [2.45, 2.75) is 58.2 Å². The Morgan fingerprint density at radius 2 is 1.91 bits per heavy atom. The molecule has 32 heavy (non-hydrogen) atoms. The second-order valence-electron chi connectivity index (χ2n) is 8.75. The lowest BCUT2D eigenvalue weighted by Crippen LogP contribution is -2.33. The van der Waals surface area contributed by atoms with E-state index in [9.17, 15) is 0 Å². The molecule has 0 atom stereocenters. The normalized spacial score (nSPS) is 19.5. The maximum Gasteiger partial charge on any atom is 0.205 e. The molecule has 3 aromatic rings. The fourth-order valence-corrected chi connectivity index (χ4v) is 4.48. The minimum absolute atomic E-state index is 0.316. The monoisotopic (exact) mass is 431 g/mol. The van der Waals surface area contributed by atoms with E-state index in [-0.39, 0.29) is 0 Å². The summed E-state index contributed by atoms with van der Waals surface area (Å²) in [6, 6.07) is 13.3. The molecule has 0 spiro atoms. The third-order valence-corrected chi connectivity index (χ3v) is 6.27. The maximum absolute atomic E-state index is 6.11. The highest BCUT2D eigenvalue weighted by atomic mass is 16.5. The maximum atomic E-state index is 6.11. The van der Waals surface area contributed by atoms with Crippen LogP contribution < -0.4 is 11.1 Å². The number of methoxy groups -OCH3 is 1. The van der Waals surface area contributed by atoms with E-state index >= 15 is 0 Å². The first-order chi connectivity index (χ1) is 15.5. The summed E-state index contributed by atoms with van der Waals surface area (Å²) in [5.41, 5.74) is 11.9. The zero-order valence-electron chi connectivity index (χ0n) is 19.3. The molecule has 2 aromatic heterocycles. The summed E-state index contributed by atoms with van der Waals surface area (Å²) in [6.07, 6.45) is 6.07. The summed E-state index contributed by atoms with van der Waals surface area (Å²) in [4.78, 5) is 9.58. The van der Waals surface area contributed by atoms with E-state index in [1.54, 1.807) is 7.11 Å². The van der Waals surface area contributed by atoms with Gasteiger partial charge in [0.25, 0.3) is 0 Å². The zero-order valence-corrected chi connectivity index (χ0v) is 19.3. The van der Waals surface area contributed by atoms with E-state index in [4.69, 9.17) is 20.4 Å². The Kier molecular flexibility index (Phi) is 6.61. The van der Waals surface area contributed by atoms with Gasteiger partial charge >= 0.3 is 0 Å². The fraction of sp³-hybridized carbons (Fsp3) is 0.385. The van der Waals surface area contributed by atoms with Crippen LogP contribution in [0.3, 0.4) is 0 Å². The first kappa shape index (κ1) is 22.1. The summed E-state index contributed by atoms with van der Waals surface area (Å²) in [7, 11) is 1.68. The molecule has 6 heteroatoms. The van der Waals surface area contributed by atoms with Gasteiger partial charge in [0.05, 0.1) is 19.2 Å². The van der Waals surface area contributed by atoms with Gasteiger partial charge in [-0.3, -0.25) is 0 Å². The summed E-state index contributed by atoms with van der Waals surface area (Å²) in [5.74, 6) is 1.68. The molecule has 2 heterocycles. The molecule has 1 saturated carbocycles. The SMILES string of the molecule is C=C(C)/C(=C(/C)OC)c1cnc2nc(NC3CCC(N)CC3)n(Cc3ccccc3)c2c1. The number of pyridine rings is 1. The van der Waals surface area contributed by atoms with Crippen LogP contribution in [0.2, 0.25) is 0 Å². The Morgan fingerprint density at radius 1 is 1.19 bits per heavy atom. The van der Waals surface area contributed by atoms with Gasteiger partial charge in [-0.25, -0.2) is 4.98 Å². The van der Waals surface area contributed by atoms with Crippen molar-refractivity contribution in [1.82, 2.24) is 14.5 Å². The number of imidazole rings is 1. The van der Waals surface area contributed by atoms with E-state index in [1.807, 2.05) is 26.1 Å². The minimum atomic E-state index is 0.316. The summed E-state index contributed by atoms with van der Waals surface area (Å²) >= 11 is 0. The highest BCUT2D eigenvalue weighted by Gasteiger charge is 2.22. The molecular formula is C26H33N5O. The van der Waals surface area contributed by atoms with E-state index in [0.29, 0.717) is 18.6 Å². The number of nitrogens with zero attached hydrogens (tertiary/aromatic N) is 3. The van der Waals surface area contributed by atoms with E-state index in [2.05, 4.69) is 46.8 Å². The molecule has 1 aromatic carbocycles. The number of ether oxygens (including phenoxy) is 1. The lowest BCUT2D eigenvalue weighted by molar-refractivity contribution is 0.296. The highest BCUT2D eigenvalue weighted by Crippen LogP contribution is 2.30. The van der Waals surface area contributed by atoms with E-state index in [0.717, 1.165) is 65.3 Å². The van der Waals surface area contributed by atoms with E-state index in [1.165, 1.54) is 5.56 Å². The van der Waals surface area contributed by atoms with Crippen LogP contribution >= 0.6 is 0 Å². The van der Waals surface area contributed by atoms with Gasteiger partial charge in [-0.2, -0.15) is 4.98 Å². The standard InChI is InChI=1S/C26H33N5O/c1-17(2)24(18(3)32-4)20-14-23-25(28-15-20)30-26(29-22-12-10-21(27)11-13-22)31(23)16-19-8-6-5-7-9-19/h5-9,14-15,21-22H,1,10-13,16,27H2,2-4H3,(H,28,29,30)/b24-18+. The zero-order chi connectivity index (χ0) is 22.7. The molecule has 1 aliphatic rings. The average molecular weight is 432 g/mol. The number of benzene rings is 1. The molecular weight excluding hydrogens is 398 g/mol. The molecule has 1 fully saturated rings. The molecule has 0 amide bonds. The molecule has 0 radical (unpaired) electrons. The molecule has 4 rings (SSSR count). The van der Waals surface area contributed by atoms with Gasteiger partial charge in [0.1, 0.15) is 5.76 Å². The molecule has 0 unspecified atom stereocenters. The topological polar surface area (TPSA) is 78.0 Å². The fourth-order valence-electron chi connectivity index (χ4n) is 4.48. The predicted molar refractivity (Wildman–Crippen MR) is 131 cm³/mol. The number of hydrogen-bond donors (Lipinski definition) is 2. The van der Waals surface area contributed by atoms with Gasteiger partial charge in [-0.1, -0.05) is 36.9 Å². The molecule has 168 valence electrons. The first-order valence-electron chi connectivity index (χ1n) is 11.3. The average Bonchev–Trinajstić information content (AvgIpc) is 3.12. The third kappa shape index (κ3) is 4.70. The van der Waals surface area contributed by atoms with Crippen LogP contribution in [0.25, 0.3) is 16.7 Å². The summed E-state index contributed by atoms with van der Waals surface area (Å²) < 4.78 is 7.76. The van der Waals surface area contributed by atoms with Crippen LogP contribution in [0.15, 0.2) is 60.5 Å². The van der Waals surface area contributed by atoms with Crippen LogP contribution in [0.1, 0.15) is 50.7 Å². The lowest BCUT2D eigenvalue weighted by atomic mass is 9.92. The molecule has 3 N–H and O–H groups in total. The number of hydrogen-bond acceptors (Lipinski definition) is 5. The van der Waals surface area contributed by atoms with Gasteiger partial charge < -0.3 is 20.4 Å². The number of nitrogens with one attached hydrogen (secondary N) is 1. The van der Waals surface area contributed by atoms with Crippen LogP contribution in [0.4, 0.5) is 5.95 Å². The van der Waals surface area contributed by atoms with Crippen molar-refractivity contribution >= 4 is 22.7 Å². The van der Waals surface area contributed by atoms with Crippen molar-refractivity contribution in [3.05, 3.63) is 71.6 Å². The van der Waals surface area contributed by atoms with Gasteiger partial charge in [0, 0.05) is 29.4 Å². The Hall–Kier alpha value is -3.12. The van der Waals surface area contributed by atoms with Crippen molar-refractivity contribution in [2.75, 3.05) is 12.4 Å². The Labute approximate surface area is 190 Å². The summed E-state index contributed by atoms with van der Waals surface area (Å²) in [5, 5.41) is 3.69. The van der Waals surface area contributed by atoms with Gasteiger partial charge in [-0.15, -0.1) is 0 Å². The van der Waals surface area contributed by atoms with Crippen LogP contribution in [0.5, 0.6) is 0 Å².